The fraction of sp³-hybridized carbons (Fsp3) is 0.400. The molecular weight excluding hydrogens is 312 g/mol. The summed E-state index contributed by atoms with van der Waals surface area (Å²) in [5, 5.41) is 8.96. The van der Waals surface area contributed by atoms with Crippen molar-refractivity contribution in [1.82, 2.24) is 14.8 Å². The zero-order valence-electron chi connectivity index (χ0n) is 14.8. The minimum atomic E-state index is -0.0245. The molecule has 2 aromatic rings. The summed E-state index contributed by atoms with van der Waals surface area (Å²) in [6.07, 6.45) is 4.71. The quantitative estimate of drug-likeness (QED) is 0.931. The van der Waals surface area contributed by atoms with Gasteiger partial charge in [0.05, 0.1) is 11.6 Å². The molecule has 0 bridgehead atoms. The van der Waals surface area contributed by atoms with Crippen LogP contribution in [0.3, 0.4) is 0 Å². The lowest BCUT2D eigenvalue weighted by atomic mass is 9.94. The van der Waals surface area contributed by atoms with Crippen molar-refractivity contribution < 1.29 is 4.79 Å². The molecule has 1 saturated heterocycles. The van der Waals surface area contributed by atoms with Crippen molar-refractivity contribution in [3.8, 4) is 6.07 Å². The predicted molar refractivity (Wildman–Crippen MR) is 97.0 cm³/mol. The summed E-state index contributed by atoms with van der Waals surface area (Å²) in [6, 6.07) is 12.4. The predicted octanol–water partition coefficient (Wildman–Crippen LogP) is 3.32. The van der Waals surface area contributed by atoms with Crippen LogP contribution < -0.4 is 0 Å². The molecule has 5 nitrogen and oxygen atoms in total. The van der Waals surface area contributed by atoms with Gasteiger partial charge >= 0.3 is 0 Å². The van der Waals surface area contributed by atoms with Crippen LogP contribution in [-0.4, -0.2) is 41.3 Å². The lowest BCUT2D eigenvalue weighted by Crippen LogP contribution is -2.38. The number of benzene rings is 1. The Bertz CT molecular complexity index is 770. The van der Waals surface area contributed by atoms with E-state index in [4.69, 9.17) is 5.26 Å². The van der Waals surface area contributed by atoms with Gasteiger partial charge < -0.3 is 14.8 Å². The normalized spacial score (nSPS) is 17.5. The number of carbonyl (C=O) groups is 1. The molecule has 1 amide bonds. The van der Waals surface area contributed by atoms with Gasteiger partial charge in [0.2, 0.25) is 0 Å². The van der Waals surface area contributed by atoms with Gasteiger partial charge in [-0.25, -0.2) is 0 Å². The van der Waals surface area contributed by atoms with Crippen molar-refractivity contribution in [2.45, 2.75) is 31.8 Å². The van der Waals surface area contributed by atoms with Gasteiger partial charge in [-0.15, -0.1) is 0 Å². The first-order valence-corrected chi connectivity index (χ1v) is 8.71. The average Bonchev–Trinajstić information content (AvgIpc) is 3.10. The first-order valence-electron chi connectivity index (χ1n) is 8.71. The molecule has 1 atom stereocenters. The van der Waals surface area contributed by atoms with Crippen LogP contribution in [0.2, 0.25) is 0 Å². The molecule has 5 heteroatoms. The highest BCUT2D eigenvalue weighted by molar-refractivity contribution is 5.93. The fourth-order valence-electron chi connectivity index (χ4n) is 3.47. The SMILES string of the molecule is CN(C)Cc1ccc(C2CCCCN2C(=O)c2cc(C#N)c[nH]2)cc1. The number of likely N-dealkylation sites (tertiary alicyclic amines) is 1. The van der Waals surface area contributed by atoms with Crippen LogP contribution >= 0.6 is 0 Å². The first kappa shape index (κ1) is 17.2. The molecule has 130 valence electrons. The third-order valence-electron chi connectivity index (χ3n) is 4.67. The lowest BCUT2D eigenvalue weighted by molar-refractivity contribution is 0.0606. The van der Waals surface area contributed by atoms with E-state index in [1.165, 1.54) is 11.1 Å². The van der Waals surface area contributed by atoms with E-state index in [-0.39, 0.29) is 11.9 Å². The maximum Gasteiger partial charge on any atom is 0.270 e. The molecule has 1 aromatic heterocycles. The molecule has 3 rings (SSSR count). The third-order valence-corrected chi connectivity index (χ3v) is 4.67. The molecule has 1 N–H and O–H groups in total. The number of H-pyrrole nitrogens is 1. The second kappa shape index (κ2) is 7.54. The Morgan fingerprint density at radius 2 is 2.08 bits per heavy atom. The third kappa shape index (κ3) is 3.92. The molecular formula is C20H24N4O. The Morgan fingerprint density at radius 3 is 2.72 bits per heavy atom. The number of piperidine rings is 1. The molecule has 0 saturated carbocycles. The molecule has 1 unspecified atom stereocenters. The summed E-state index contributed by atoms with van der Waals surface area (Å²) in [5.41, 5.74) is 3.44. The number of amides is 1. The number of nitriles is 1. The van der Waals surface area contributed by atoms with Gasteiger partial charge in [-0.2, -0.15) is 5.26 Å². The van der Waals surface area contributed by atoms with E-state index in [1.54, 1.807) is 12.3 Å². The van der Waals surface area contributed by atoms with E-state index in [2.05, 4.69) is 54.3 Å². The molecule has 0 radical (unpaired) electrons. The highest BCUT2D eigenvalue weighted by atomic mass is 16.2. The molecule has 0 spiro atoms. The summed E-state index contributed by atoms with van der Waals surface area (Å²) >= 11 is 0. The van der Waals surface area contributed by atoms with E-state index in [9.17, 15) is 4.79 Å². The van der Waals surface area contributed by atoms with Crippen molar-refractivity contribution >= 4 is 5.91 Å². The van der Waals surface area contributed by atoms with Crippen molar-refractivity contribution in [3.05, 3.63) is 58.9 Å². The zero-order chi connectivity index (χ0) is 17.8. The summed E-state index contributed by atoms with van der Waals surface area (Å²) in [7, 11) is 4.11. The molecule has 1 aliphatic rings. The summed E-state index contributed by atoms with van der Waals surface area (Å²) < 4.78 is 0. The zero-order valence-corrected chi connectivity index (χ0v) is 14.8. The highest BCUT2D eigenvalue weighted by Crippen LogP contribution is 2.32. The molecule has 2 heterocycles. The average molecular weight is 336 g/mol. The second-order valence-electron chi connectivity index (χ2n) is 6.90. The number of carbonyl (C=O) groups excluding carboxylic acids is 1. The summed E-state index contributed by atoms with van der Waals surface area (Å²) in [6.45, 7) is 1.66. The maximum absolute atomic E-state index is 12.9. The Kier molecular flexibility index (Phi) is 5.20. The number of aromatic amines is 1. The van der Waals surface area contributed by atoms with Crippen molar-refractivity contribution in [3.63, 3.8) is 0 Å². The summed E-state index contributed by atoms with van der Waals surface area (Å²) in [5.74, 6) is -0.0245. The standard InChI is InChI=1S/C20H24N4O/c1-23(2)14-15-6-8-17(9-7-15)19-5-3-4-10-24(19)20(25)18-11-16(12-21)13-22-18/h6-9,11,13,19,22H,3-5,10,14H2,1-2H3. The van der Waals surface area contributed by atoms with Crippen LogP contribution in [0.4, 0.5) is 0 Å². The first-order chi connectivity index (χ1) is 12.1. The molecule has 0 aliphatic carbocycles. The van der Waals surface area contributed by atoms with Gasteiger partial charge in [-0.05, 0) is 50.6 Å². The number of rotatable bonds is 4. The van der Waals surface area contributed by atoms with Gasteiger partial charge in [0, 0.05) is 19.3 Å². The fourth-order valence-corrected chi connectivity index (χ4v) is 3.47. The van der Waals surface area contributed by atoms with Gasteiger partial charge in [0.1, 0.15) is 11.8 Å². The van der Waals surface area contributed by atoms with E-state index in [0.717, 1.165) is 32.4 Å². The van der Waals surface area contributed by atoms with Crippen LogP contribution in [0.5, 0.6) is 0 Å². The van der Waals surface area contributed by atoms with Gasteiger partial charge in [-0.3, -0.25) is 4.79 Å². The Morgan fingerprint density at radius 1 is 1.32 bits per heavy atom. The Balaban J connectivity index is 1.81. The number of nitrogens with zero attached hydrogens (tertiary/aromatic N) is 3. The van der Waals surface area contributed by atoms with Crippen LogP contribution in [-0.2, 0) is 6.54 Å². The second-order valence-corrected chi connectivity index (χ2v) is 6.90. The van der Waals surface area contributed by atoms with Crippen LogP contribution in [0.1, 0.15) is 52.5 Å². The van der Waals surface area contributed by atoms with Crippen molar-refractivity contribution in [2.75, 3.05) is 20.6 Å². The molecule has 25 heavy (non-hydrogen) atoms. The van der Waals surface area contributed by atoms with Crippen LogP contribution in [0, 0.1) is 11.3 Å². The monoisotopic (exact) mass is 336 g/mol. The largest absolute Gasteiger partial charge is 0.356 e. The number of hydrogen-bond donors (Lipinski definition) is 1. The van der Waals surface area contributed by atoms with Gasteiger partial charge in [0.25, 0.3) is 5.91 Å². The smallest absolute Gasteiger partial charge is 0.270 e. The minimum Gasteiger partial charge on any atom is -0.356 e. The van der Waals surface area contributed by atoms with Gasteiger partial charge in [0.15, 0.2) is 0 Å². The minimum absolute atomic E-state index is 0.0245. The lowest BCUT2D eigenvalue weighted by Gasteiger charge is -2.36. The van der Waals surface area contributed by atoms with Crippen molar-refractivity contribution in [2.24, 2.45) is 0 Å². The maximum atomic E-state index is 12.9. The van der Waals surface area contributed by atoms with Crippen LogP contribution in [0.15, 0.2) is 36.5 Å². The molecule has 1 fully saturated rings. The Hall–Kier alpha value is -2.58. The molecule has 1 aromatic carbocycles. The van der Waals surface area contributed by atoms with Gasteiger partial charge in [-0.1, -0.05) is 24.3 Å². The molecule has 1 aliphatic heterocycles. The van der Waals surface area contributed by atoms with Crippen molar-refractivity contribution in [1.29, 1.82) is 5.26 Å². The van der Waals surface area contributed by atoms with E-state index in [1.807, 2.05) is 4.90 Å². The van der Waals surface area contributed by atoms with Crippen LogP contribution in [0.25, 0.3) is 0 Å². The van der Waals surface area contributed by atoms with E-state index >= 15 is 0 Å². The topological polar surface area (TPSA) is 63.1 Å². The summed E-state index contributed by atoms with van der Waals surface area (Å²) in [4.78, 5) is 19.9. The Labute approximate surface area is 148 Å². The highest BCUT2D eigenvalue weighted by Gasteiger charge is 2.29. The van der Waals surface area contributed by atoms with E-state index < -0.39 is 0 Å². The number of hydrogen-bond acceptors (Lipinski definition) is 3. The number of nitrogens with one attached hydrogen (secondary N) is 1. The van der Waals surface area contributed by atoms with E-state index in [0.29, 0.717) is 11.3 Å². The number of aromatic nitrogens is 1.